The van der Waals surface area contributed by atoms with Gasteiger partial charge in [0, 0.05) is 25.3 Å². The number of hydrogen-bond donors (Lipinski definition) is 2. The van der Waals surface area contributed by atoms with Crippen molar-refractivity contribution in [1.29, 1.82) is 0 Å². The minimum atomic E-state index is -4.80. The summed E-state index contributed by atoms with van der Waals surface area (Å²) in [5.41, 5.74) is -1.28. The topological polar surface area (TPSA) is 114 Å². The third-order valence-corrected chi connectivity index (χ3v) is 5.47. The first-order chi connectivity index (χ1) is 16.2. The van der Waals surface area contributed by atoms with E-state index >= 15 is 0 Å². The summed E-state index contributed by atoms with van der Waals surface area (Å²) in [6.45, 7) is 5.53. The predicted molar refractivity (Wildman–Crippen MR) is 117 cm³/mol. The van der Waals surface area contributed by atoms with Crippen molar-refractivity contribution in [3.63, 3.8) is 0 Å². The Labute approximate surface area is 193 Å². The van der Waals surface area contributed by atoms with Gasteiger partial charge in [0.25, 0.3) is 5.56 Å². The van der Waals surface area contributed by atoms with Crippen LogP contribution in [0.25, 0.3) is 0 Å². The minimum Gasteiger partial charge on any atom is -0.378 e. The van der Waals surface area contributed by atoms with E-state index in [2.05, 4.69) is 30.6 Å². The van der Waals surface area contributed by atoms with Crippen LogP contribution in [-0.4, -0.2) is 55.9 Å². The van der Waals surface area contributed by atoms with Gasteiger partial charge >= 0.3 is 6.18 Å². The average molecular weight is 478 g/mol. The maximum absolute atomic E-state index is 13.2. The van der Waals surface area contributed by atoms with Gasteiger partial charge in [-0.3, -0.25) is 4.79 Å². The molecule has 0 aromatic carbocycles. The van der Waals surface area contributed by atoms with Crippen LogP contribution in [0.5, 0.6) is 0 Å². The van der Waals surface area contributed by atoms with Crippen molar-refractivity contribution in [2.24, 2.45) is 0 Å². The lowest BCUT2D eigenvalue weighted by atomic mass is 10.2. The molecule has 10 nitrogen and oxygen atoms in total. The third-order valence-electron chi connectivity index (χ3n) is 5.47. The van der Waals surface area contributed by atoms with Crippen LogP contribution in [0.15, 0.2) is 35.5 Å². The summed E-state index contributed by atoms with van der Waals surface area (Å²) < 4.78 is 46.9. The molecule has 1 fully saturated rings. The van der Waals surface area contributed by atoms with E-state index in [1.165, 1.54) is 0 Å². The quantitative estimate of drug-likeness (QED) is 0.508. The van der Waals surface area contributed by atoms with Gasteiger partial charge in [0.1, 0.15) is 17.1 Å². The second kappa shape index (κ2) is 9.79. The van der Waals surface area contributed by atoms with E-state index in [4.69, 9.17) is 4.74 Å². The molecule has 2 N–H and O–H groups in total. The van der Waals surface area contributed by atoms with E-state index in [0.717, 1.165) is 37.1 Å². The van der Waals surface area contributed by atoms with Gasteiger partial charge in [0.05, 0.1) is 37.3 Å². The van der Waals surface area contributed by atoms with E-state index in [0.29, 0.717) is 5.69 Å². The normalized spacial score (nSPS) is 17.2. The zero-order valence-corrected chi connectivity index (χ0v) is 18.7. The summed E-state index contributed by atoms with van der Waals surface area (Å²) in [6.07, 6.45) is 0.704. The van der Waals surface area contributed by atoms with Gasteiger partial charge in [-0.05, 0) is 31.9 Å². The van der Waals surface area contributed by atoms with Crippen molar-refractivity contribution in [3.8, 4) is 0 Å². The number of pyridine rings is 1. The predicted octanol–water partition coefficient (Wildman–Crippen LogP) is 2.55. The Morgan fingerprint density at radius 3 is 2.88 bits per heavy atom. The number of H-pyrrole nitrogens is 1. The number of rotatable bonds is 8. The second-order valence-corrected chi connectivity index (χ2v) is 8.32. The standard InChI is InChI=1S/C21H25F3N8O2/c1-13-3-4-18(25-7-13)31-6-5-16(10-31)32-9-15(28-30-32)12-34-11-14(2)27-17-8-26-29-20(33)19(17)21(22,23)24/h3-4,7-9,14,16H,5-6,10-12H2,1-2H3,(H2,27,29,33). The van der Waals surface area contributed by atoms with Gasteiger partial charge in [-0.1, -0.05) is 11.3 Å². The van der Waals surface area contributed by atoms with Crippen molar-refractivity contribution in [2.75, 3.05) is 29.9 Å². The summed E-state index contributed by atoms with van der Waals surface area (Å²) in [4.78, 5) is 18.2. The highest BCUT2D eigenvalue weighted by Gasteiger charge is 2.37. The van der Waals surface area contributed by atoms with E-state index < -0.39 is 29.0 Å². The summed E-state index contributed by atoms with van der Waals surface area (Å²) in [6, 6.07) is 3.69. The van der Waals surface area contributed by atoms with Gasteiger partial charge in [-0.15, -0.1) is 5.10 Å². The Bertz CT molecular complexity index is 1160. The number of aromatic amines is 1. The monoisotopic (exact) mass is 478 g/mol. The Hall–Kier alpha value is -3.48. The molecule has 13 heteroatoms. The molecule has 4 rings (SSSR count). The van der Waals surface area contributed by atoms with Crippen LogP contribution in [0.4, 0.5) is 24.7 Å². The van der Waals surface area contributed by atoms with E-state index in [9.17, 15) is 18.0 Å². The molecule has 4 heterocycles. The SMILES string of the molecule is Cc1ccc(N2CCC(n3cc(COCC(C)Nc4cn[nH]c(=O)c4C(F)(F)F)nn3)C2)nc1. The van der Waals surface area contributed by atoms with Crippen LogP contribution in [0.1, 0.15) is 36.2 Å². The molecule has 1 aliphatic rings. The summed E-state index contributed by atoms with van der Waals surface area (Å²) >= 11 is 0. The molecule has 3 aromatic rings. The lowest BCUT2D eigenvalue weighted by Crippen LogP contribution is -2.29. The number of aryl methyl sites for hydroxylation is 1. The molecule has 2 unspecified atom stereocenters. The molecule has 0 amide bonds. The summed E-state index contributed by atoms with van der Waals surface area (Å²) in [5, 5.41) is 16.2. The number of alkyl halides is 3. The van der Waals surface area contributed by atoms with Crippen LogP contribution < -0.4 is 15.8 Å². The molecule has 1 saturated heterocycles. The molecule has 0 saturated carbocycles. The van der Waals surface area contributed by atoms with Crippen LogP contribution in [-0.2, 0) is 17.5 Å². The summed E-state index contributed by atoms with van der Waals surface area (Å²) in [5.74, 6) is 0.933. The number of hydrogen-bond acceptors (Lipinski definition) is 8. The van der Waals surface area contributed by atoms with Crippen molar-refractivity contribution in [2.45, 2.75) is 45.1 Å². The maximum atomic E-state index is 13.2. The fraction of sp³-hybridized carbons (Fsp3) is 0.476. The highest BCUT2D eigenvalue weighted by Crippen LogP contribution is 2.31. The van der Waals surface area contributed by atoms with Crippen LogP contribution in [0.2, 0.25) is 0 Å². The fourth-order valence-corrected chi connectivity index (χ4v) is 3.81. The van der Waals surface area contributed by atoms with Gasteiger partial charge in [-0.25, -0.2) is 14.8 Å². The summed E-state index contributed by atoms with van der Waals surface area (Å²) in [7, 11) is 0. The second-order valence-electron chi connectivity index (χ2n) is 8.32. The molecule has 0 aliphatic carbocycles. The zero-order valence-electron chi connectivity index (χ0n) is 18.7. The molecular weight excluding hydrogens is 453 g/mol. The van der Waals surface area contributed by atoms with E-state index in [1.54, 1.807) is 12.0 Å². The Morgan fingerprint density at radius 2 is 2.15 bits per heavy atom. The molecular formula is C21H25F3N8O2. The third kappa shape index (κ3) is 5.53. The Morgan fingerprint density at radius 1 is 1.32 bits per heavy atom. The smallest absolute Gasteiger partial charge is 0.378 e. The first-order valence-electron chi connectivity index (χ1n) is 10.8. The van der Waals surface area contributed by atoms with Crippen molar-refractivity contribution in [3.05, 3.63) is 57.9 Å². The molecule has 34 heavy (non-hydrogen) atoms. The Kier molecular flexibility index (Phi) is 6.82. The van der Waals surface area contributed by atoms with Crippen molar-refractivity contribution in [1.82, 2.24) is 30.2 Å². The first kappa shape index (κ1) is 23.7. The van der Waals surface area contributed by atoms with Gasteiger partial charge in [-0.2, -0.15) is 18.3 Å². The molecule has 0 radical (unpaired) electrons. The van der Waals surface area contributed by atoms with Gasteiger partial charge in [0.15, 0.2) is 0 Å². The molecule has 0 spiro atoms. The van der Waals surface area contributed by atoms with E-state index in [1.807, 2.05) is 36.1 Å². The lowest BCUT2D eigenvalue weighted by molar-refractivity contribution is -0.138. The first-order valence-corrected chi connectivity index (χ1v) is 10.8. The number of nitrogens with zero attached hydrogens (tertiary/aromatic N) is 6. The largest absolute Gasteiger partial charge is 0.423 e. The highest BCUT2D eigenvalue weighted by molar-refractivity contribution is 5.50. The molecule has 3 aromatic heterocycles. The van der Waals surface area contributed by atoms with Gasteiger partial charge in [0.2, 0.25) is 0 Å². The lowest BCUT2D eigenvalue weighted by Gasteiger charge is -2.18. The maximum Gasteiger partial charge on any atom is 0.423 e. The van der Waals surface area contributed by atoms with E-state index in [-0.39, 0.29) is 19.3 Å². The average Bonchev–Trinajstić information content (AvgIpc) is 3.43. The highest BCUT2D eigenvalue weighted by atomic mass is 19.4. The van der Waals surface area contributed by atoms with Crippen LogP contribution >= 0.6 is 0 Å². The molecule has 182 valence electrons. The fourth-order valence-electron chi connectivity index (χ4n) is 3.81. The van der Waals surface area contributed by atoms with Crippen molar-refractivity contribution < 1.29 is 17.9 Å². The molecule has 1 aliphatic heterocycles. The molecule has 2 atom stereocenters. The number of ether oxygens (including phenoxy) is 1. The van der Waals surface area contributed by atoms with Crippen LogP contribution in [0, 0.1) is 6.92 Å². The van der Waals surface area contributed by atoms with Crippen molar-refractivity contribution >= 4 is 11.5 Å². The van der Waals surface area contributed by atoms with Gasteiger partial charge < -0.3 is 15.0 Å². The zero-order chi connectivity index (χ0) is 24.3. The number of nitrogens with one attached hydrogen (secondary N) is 2. The minimum absolute atomic E-state index is 0.0905. The number of anilines is 2. The Balaban J connectivity index is 1.28. The molecule has 0 bridgehead atoms. The number of aromatic nitrogens is 6. The van der Waals surface area contributed by atoms with Crippen LogP contribution in [0.3, 0.4) is 0 Å². The number of halogens is 3.